The van der Waals surface area contributed by atoms with E-state index in [2.05, 4.69) is 6.58 Å². The lowest BCUT2D eigenvalue weighted by Crippen LogP contribution is -2.87. The first-order valence-electron chi connectivity index (χ1n) is 9.85. The summed E-state index contributed by atoms with van der Waals surface area (Å²) in [4.78, 5) is 13.4. The molecule has 0 radical (unpaired) electrons. The van der Waals surface area contributed by atoms with Crippen LogP contribution < -0.4 is 0 Å². The summed E-state index contributed by atoms with van der Waals surface area (Å²) in [6, 6.07) is 0. The molecule has 2 heterocycles. The zero-order chi connectivity index (χ0) is 19.7. The fourth-order valence-electron chi connectivity index (χ4n) is 7.96. The average Bonchev–Trinajstić information content (AvgIpc) is 2.70. The standard InChI is InChI=1S/C20H28O7/c1-8-9-4-5-10-18-11(21)6-7-17(2,3)12(18)15(24)20(26,27-16(18)25)19(10,13(8)22)14(9)23/h9-12,14-16,21,23-26H,1,4-7H2,2-3H3/t9-,10-,11-,12+,14+,15-,16?,18-,19?,20+/m0/s1. The maximum Gasteiger partial charge on any atom is 0.211 e. The van der Waals surface area contributed by atoms with Crippen LogP contribution in [0.3, 0.4) is 0 Å². The fourth-order valence-corrected chi connectivity index (χ4v) is 7.96. The maximum atomic E-state index is 13.4. The molecule has 6 fully saturated rings. The summed E-state index contributed by atoms with van der Waals surface area (Å²) in [5.74, 6) is -4.83. The van der Waals surface area contributed by atoms with E-state index in [1.807, 2.05) is 13.8 Å². The van der Waals surface area contributed by atoms with E-state index in [1.165, 1.54) is 0 Å². The molecule has 2 aliphatic heterocycles. The number of hydrogen-bond donors (Lipinski definition) is 5. The molecule has 5 N–H and O–H groups in total. The highest BCUT2D eigenvalue weighted by molar-refractivity contribution is 6.05. The summed E-state index contributed by atoms with van der Waals surface area (Å²) in [5.41, 5.74) is -3.41. The number of Topliss-reactive ketones (excluding diaryl/α,β-unsaturated/α-hetero) is 1. The molecule has 2 saturated heterocycles. The van der Waals surface area contributed by atoms with Crippen molar-refractivity contribution in [2.24, 2.45) is 34.0 Å². The van der Waals surface area contributed by atoms with Crippen LogP contribution in [0.2, 0.25) is 0 Å². The fraction of sp³-hybridized carbons (Fsp3) is 0.850. The number of aliphatic hydroxyl groups is 5. The van der Waals surface area contributed by atoms with E-state index in [0.29, 0.717) is 25.7 Å². The molecule has 10 atom stereocenters. The van der Waals surface area contributed by atoms with Gasteiger partial charge in [-0.3, -0.25) is 4.79 Å². The van der Waals surface area contributed by atoms with E-state index < -0.39 is 70.2 Å². The molecule has 27 heavy (non-hydrogen) atoms. The Morgan fingerprint density at radius 2 is 1.74 bits per heavy atom. The highest BCUT2D eigenvalue weighted by Gasteiger charge is 2.88. The first-order valence-corrected chi connectivity index (χ1v) is 9.85. The largest absolute Gasteiger partial charge is 0.392 e. The molecule has 6 rings (SSSR count). The second kappa shape index (κ2) is 4.83. The van der Waals surface area contributed by atoms with Gasteiger partial charge in [-0.05, 0) is 42.6 Å². The molecule has 4 saturated carbocycles. The Bertz CT molecular complexity index is 749. The molecule has 7 nitrogen and oxygen atoms in total. The van der Waals surface area contributed by atoms with Crippen molar-refractivity contribution in [1.29, 1.82) is 0 Å². The minimum Gasteiger partial charge on any atom is -0.392 e. The Morgan fingerprint density at radius 1 is 1.07 bits per heavy atom. The van der Waals surface area contributed by atoms with Crippen LogP contribution in [0.1, 0.15) is 39.5 Å². The Kier molecular flexibility index (Phi) is 3.26. The average molecular weight is 380 g/mol. The van der Waals surface area contributed by atoms with Gasteiger partial charge >= 0.3 is 0 Å². The van der Waals surface area contributed by atoms with E-state index in [4.69, 9.17) is 4.74 Å². The van der Waals surface area contributed by atoms with E-state index in [1.54, 1.807) is 0 Å². The number of hydrogen-bond acceptors (Lipinski definition) is 7. The molecule has 0 amide bonds. The number of carbonyl (C=O) groups excluding carboxylic acids is 1. The SMILES string of the molecule is C=C1C(=O)C23[C@H](O)[C@H]1CC[C@H]2[C@@]12C(O)O[C@]3(O)[C@@H](O)[C@@H]1C(C)(C)CC[C@@H]2O. The van der Waals surface area contributed by atoms with Gasteiger partial charge in [0.25, 0.3) is 0 Å². The second-order valence-corrected chi connectivity index (χ2v) is 10.0. The molecule has 150 valence electrons. The third kappa shape index (κ3) is 1.52. The number of rotatable bonds is 0. The molecule has 0 aromatic carbocycles. The van der Waals surface area contributed by atoms with Crippen LogP contribution in [-0.2, 0) is 9.53 Å². The van der Waals surface area contributed by atoms with E-state index >= 15 is 0 Å². The predicted molar refractivity (Wildman–Crippen MR) is 91.8 cm³/mol. The molecule has 2 spiro atoms. The van der Waals surface area contributed by atoms with Crippen LogP contribution in [-0.4, -0.2) is 61.7 Å². The van der Waals surface area contributed by atoms with Crippen molar-refractivity contribution in [3.63, 3.8) is 0 Å². The highest BCUT2D eigenvalue weighted by atomic mass is 16.7. The lowest BCUT2D eigenvalue weighted by Gasteiger charge is -2.75. The quantitative estimate of drug-likeness (QED) is 0.365. The number of aliphatic hydroxyl groups excluding tert-OH is 4. The molecule has 0 aromatic heterocycles. The molecular formula is C20H28O7. The minimum atomic E-state index is -2.42. The van der Waals surface area contributed by atoms with Crippen molar-refractivity contribution in [3.8, 4) is 0 Å². The molecule has 6 aliphatic rings. The zero-order valence-electron chi connectivity index (χ0n) is 15.6. The number of fused-ring (bicyclic) bond motifs is 2. The molecule has 0 aromatic rings. The summed E-state index contributed by atoms with van der Waals surface area (Å²) in [5, 5.41) is 56.2. The first-order chi connectivity index (χ1) is 12.5. The van der Waals surface area contributed by atoms with Gasteiger partial charge in [0.05, 0.1) is 17.6 Å². The van der Waals surface area contributed by atoms with Gasteiger partial charge in [0.2, 0.25) is 5.79 Å². The number of carbonyl (C=O) groups is 1. The lowest BCUT2D eigenvalue weighted by atomic mass is 9.35. The van der Waals surface area contributed by atoms with Gasteiger partial charge in [-0.25, -0.2) is 0 Å². The van der Waals surface area contributed by atoms with Gasteiger partial charge in [0.1, 0.15) is 11.5 Å². The van der Waals surface area contributed by atoms with Gasteiger partial charge in [-0.2, -0.15) is 0 Å². The van der Waals surface area contributed by atoms with E-state index in [0.717, 1.165) is 0 Å². The molecule has 4 bridgehead atoms. The van der Waals surface area contributed by atoms with Crippen LogP contribution in [0.4, 0.5) is 0 Å². The number of ether oxygens (including phenoxy) is 1. The lowest BCUT2D eigenvalue weighted by molar-refractivity contribution is -0.507. The van der Waals surface area contributed by atoms with E-state index in [9.17, 15) is 30.3 Å². The van der Waals surface area contributed by atoms with Crippen molar-refractivity contribution < 1.29 is 35.1 Å². The van der Waals surface area contributed by atoms with Gasteiger partial charge in [-0.1, -0.05) is 20.4 Å². The van der Waals surface area contributed by atoms with Crippen LogP contribution >= 0.6 is 0 Å². The zero-order valence-corrected chi connectivity index (χ0v) is 15.6. The van der Waals surface area contributed by atoms with Crippen molar-refractivity contribution in [3.05, 3.63) is 12.2 Å². The predicted octanol–water partition coefficient (Wildman–Crippen LogP) is -0.306. The third-order valence-corrected chi connectivity index (χ3v) is 8.93. The summed E-state index contributed by atoms with van der Waals surface area (Å²) < 4.78 is 5.57. The third-order valence-electron chi connectivity index (χ3n) is 8.93. The van der Waals surface area contributed by atoms with Crippen molar-refractivity contribution >= 4 is 5.78 Å². The van der Waals surface area contributed by atoms with Crippen LogP contribution in [0.15, 0.2) is 12.2 Å². The van der Waals surface area contributed by atoms with Crippen molar-refractivity contribution in [2.45, 2.75) is 69.9 Å². The monoisotopic (exact) mass is 380 g/mol. The maximum absolute atomic E-state index is 13.4. The first kappa shape index (κ1) is 18.2. The van der Waals surface area contributed by atoms with Crippen LogP contribution in [0.5, 0.6) is 0 Å². The van der Waals surface area contributed by atoms with Crippen molar-refractivity contribution in [2.75, 3.05) is 0 Å². The molecule has 4 aliphatic carbocycles. The smallest absolute Gasteiger partial charge is 0.211 e. The van der Waals surface area contributed by atoms with Gasteiger partial charge in [-0.15, -0.1) is 0 Å². The van der Waals surface area contributed by atoms with Crippen LogP contribution in [0.25, 0.3) is 0 Å². The van der Waals surface area contributed by atoms with Gasteiger partial charge in [0, 0.05) is 11.8 Å². The summed E-state index contributed by atoms with van der Waals surface area (Å²) in [6.45, 7) is 7.72. The van der Waals surface area contributed by atoms with E-state index in [-0.39, 0.29) is 5.57 Å². The van der Waals surface area contributed by atoms with Crippen molar-refractivity contribution in [1.82, 2.24) is 0 Å². The number of ketones is 1. The minimum absolute atomic E-state index is 0.230. The Labute approximate surface area is 157 Å². The van der Waals surface area contributed by atoms with Gasteiger partial charge in [0.15, 0.2) is 12.1 Å². The normalized spacial score (nSPS) is 60.9. The second-order valence-electron chi connectivity index (χ2n) is 10.0. The summed E-state index contributed by atoms with van der Waals surface area (Å²) >= 11 is 0. The Balaban J connectivity index is 1.84. The Hall–Kier alpha value is -0.830. The molecular weight excluding hydrogens is 352 g/mol. The van der Waals surface area contributed by atoms with Gasteiger partial charge < -0.3 is 30.3 Å². The topological polar surface area (TPSA) is 127 Å². The Morgan fingerprint density at radius 3 is 2.41 bits per heavy atom. The summed E-state index contributed by atoms with van der Waals surface area (Å²) in [6.07, 6.45) is -3.43. The molecule has 7 heteroatoms. The summed E-state index contributed by atoms with van der Waals surface area (Å²) in [7, 11) is 0. The van der Waals surface area contributed by atoms with Crippen LogP contribution in [0, 0.1) is 34.0 Å². The highest BCUT2D eigenvalue weighted by Crippen LogP contribution is 2.77. The molecule has 2 unspecified atom stereocenters.